The van der Waals surface area contributed by atoms with Gasteiger partial charge in [-0.15, -0.1) is 0 Å². The van der Waals surface area contributed by atoms with Crippen molar-refractivity contribution in [2.45, 2.75) is 50.4 Å². The van der Waals surface area contributed by atoms with Crippen LogP contribution in [0.1, 0.15) is 33.1 Å². The van der Waals surface area contributed by atoms with Crippen LogP contribution in [0, 0.1) is 0 Å². The van der Waals surface area contributed by atoms with E-state index < -0.39 is 0 Å². The Bertz CT molecular complexity index is 251. The van der Waals surface area contributed by atoms with Crippen LogP contribution in [-0.2, 0) is 4.79 Å². The van der Waals surface area contributed by atoms with Gasteiger partial charge in [-0.1, -0.05) is 6.92 Å². The molecule has 2 saturated heterocycles. The number of nitrogens with one attached hydrogen (secondary N) is 1. The lowest BCUT2D eigenvalue weighted by molar-refractivity contribution is -0.129. The third-order valence-corrected chi connectivity index (χ3v) is 4.97. The summed E-state index contributed by atoms with van der Waals surface area (Å²) in [5, 5.41) is 4.56. The van der Waals surface area contributed by atoms with Crippen LogP contribution in [0.2, 0.25) is 0 Å². The van der Waals surface area contributed by atoms with Crippen molar-refractivity contribution in [1.29, 1.82) is 0 Å². The Morgan fingerprint density at radius 3 is 2.50 bits per heavy atom. The molecule has 0 aromatic carbocycles. The molecule has 2 heterocycles. The van der Waals surface area contributed by atoms with E-state index in [1.165, 1.54) is 12.2 Å². The molecule has 3 nitrogen and oxygen atoms in total. The lowest BCUT2D eigenvalue weighted by Crippen LogP contribution is -2.47. The van der Waals surface area contributed by atoms with E-state index in [-0.39, 0.29) is 5.91 Å². The SMILES string of the molecule is CC(=O)N1CCC(NC2CSC(C)C2)CC1. The molecule has 2 atom stereocenters. The number of piperidine rings is 1. The maximum absolute atomic E-state index is 11.2. The van der Waals surface area contributed by atoms with Gasteiger partial charge in [-0.05, 0) is 19.3 Å². The molecule has 4 heteroatoms. The number of nitrogens with zero attached hydrogens (tertiary/aromatic N) is 1. The van der Waals surface area contributed by atoms with Gasteiger partial charge in [0.1, 0.15) is 0 Å². The maximum atomic E-state index is 11.2. The molecule has 2 rings (SSSR count). The molecule has 92 valence electrons. The molecule has 0 spiro atoms. The van der Waals surface area contributed by atoms with E-state index in [1.54, 1.807) is 6.92 Å². The molecular formula is C12H22N2OS. The Balaban J connectivity index is 1.71. The summed E-state index contributed by atoms with van der Waals surface area (Å²) in [6, 6.07) is 1.33. The highest BCUT2D eigenvalue weighted by Gasteiger charge is 2.26. The predicted molar refractivity (Wildman–Crippen MR) is 68.7 cm³/mol. The Hall–Kier alpha value is -0.220. The Morgan fingerprint density at radius 1 is 1.31 bits per heavy atom. The first-order valence-electron chi connectivity index (χ1n) is 6.28. The van der Waals surface area contributed by atoms with Crippen molar-refractivity contribution in [3.05, 3.63) is 0 Å². The van der Waals surface area contributed by atoms with E-state index in [2.05, 4.69) is 24.0 Å². The molecule has 0 aromatic rings. The number of carbonyl (C=O) groups excluding carboxylic acids is 1. The number of amides is 1. The van der Waals surface area contributed by atoms with Gasteiger partial charge >= 0.3 is 0 Å². The molecule has 2 aliphatic rings. The number of likely N-dealkylation sites (tertiary alicyclic amines) is 1. The van der Waals surface area contributed by atoms with Gasteiger partial charge in [-0.25, -0.2) is 0 Å². The normalized spacial score (nSPS) is 32.0. The average Bonchev–Trinajstić information content (AvgIpc) is 2.65. The van der Waals surface area contributed by atoms with Crippen molar-refractivity contribution in [2.75, 3.05) is 18.8 Å². The highest BCUT2D eigenvalue weighted by atomic mass is 32.2. The van der Waals surface area contributed by atoms with Crippen LogP contribution >= 0.6 is 11.8 Å². The summed E-state index contributed by atoms with van der Waals surface area (Å²) in [6.45, 7) is 5.85. The van der Waals surface area contributed by atoms with Gasteiger partial charge in [-0.3, -0.25) is 4.79 Å². The smallest absolute Gasteiger partial charge is 0.219 e. The van der Waals surface area contributed by atoms with Crippen LogP contribution in [0.15, 0.2) is 0 Å². The van der Waals surface area contributed by atoms with Crippen molar-refractivity contribution >= 4 is 17.7 Å². The number of carbonyl (C=O) groups is 1. The molecule has 2 aliphatic heterocycles. The molecule has 0 saturated carbocycles. The van der Waals surface area contributed by atoms with Crippen LogP contribution in [0.3, 0.4) is 0 Å². The van der Waals surface area contributed by atoms with Gasteiger partial charge in [0.15, 0.2) is 0 Å². The highest BCUT2D eigenvalue weighted by molar-refractivity contribution is 8.00. The first kappa shape index (κ1) is 12.2. The molecule has 0 bridgehead atoms. The molecule has 0 aliphatic carbocycles. The van der Waals surface area contributed by atoms with Gasteiger partial charge in [0.25, 0.3) is 0 Å². The minimum atomic E-state index is 0.225. The van der Waals surface area contributed by atoms with Crippen molar-refractivity contribution in [3.63, 3.8) is 0 Å². The lowest BCUT2D eigenvalue weighted by Gasteiger charge is -2.33. The maximum Gasteiger partial charge on any atom is 0.219 e. The number of hydrogen-bond donors (Lipinski definition) is 1. The fourth-order valence-corrected chi connectivity index (χ4v) is 3.79. The van der Waals surface area contributed by atoms with E-state index in [0.29, 0.717) is 12.1 Å². The van der Waals surface area contributed by atoms with Gasteiger partial charge in [0.05, 0.1) is 0 Å². The highest BCUT2D eigenvalue weighted by Crippen LogP contribution is 2.27. The minimum Gasteiger partial charge on any atom is -0.343 e. The van der Waals surface area contributed by atoms with E-state index in [1.807, 2.05) is 4.90 Å². The summed E-state index contributed by atoms with van der Waals surface area (Å²) in [5.74, 6) is 1.48. The molecule has 1 amide bonds. The number of rotatable bonds is 2. The molecule has 2 unspecified atom stereocenters. The minimum absolute atomic E-state index is 0.225. The molecule has 16 heavy (non-hydrogen) atoms. The number of thioether (sulfide) groups is 1. The zero-order valence-electron chi connectivity index (χ0n) is 10.2. The van der Waals surface area contributed by atoms with Crippen molar-refractivity contribution < 1.29 is 4.79 Å². The van der Waals surface area contributed by atoms with Crippen molar-refractivity contribution in [2.24, 2.45) is 0 Å². The molecule has 2 fully saturated rings. The lowest BCUT2D eigenvalue weighted by atomic mass is 10.0. The van der Waals surface area contributed by atoms with Crippen LogP contribution in [0.5, 0.6) is 0 Å². The molecule has 1 N–H and O–H groups in total. The second kappa shape index (κ2) is 5.41. The van der Waals surface area contributed by atoms with Crippen LogP contribution in [0.25, 0.3) is 0 Å². The second-order valence-electron chi connectivity index (χ2n) is 5.02. The zero-order valence-corrected chi connectivity index (χ0v) is 11.1. The van der Waals surface area contributed by atoms with Gasteiger partial charge in [-0.2, -0.15) is 11.8 Å². The number of hydrogen-bond acceptors (Lipinski definition) is 3. The topological polar surface area (TPSA) is 32.3 Å². The Labute approximate surface area is 102 Å². The van der Waals surface area contributed by atoms with Gasteiger partial charge < -0.3 is 10.2 Å². The standard InChI is InChI=1S/C12H22N2OS/c1-9-7-12(8-16-9)13-11-3-5-14(6-4-11)10(2)15/h9,11-13H,3-8H2,1-2H3. The third kappa shape index (κ3) is 3.14. The van der Waals surface area contributed by atoms with Crippen LogP contribution in [0.4, 0.5) is 0 Å². The van der Waals surface area contributed by atoms with Gasteiger partial charge in [0, 0.05) is 43.1 Å². The second-order valence-corrected chi connectivity index (χ2v) is 6.49. The summed E-state index contributed by atoms with van der Waals surface area (Å²) < 4.78 is 0. The summed E-state index contributed by atoms with van der Waals surface area (Å²) in [4.78, 5) is 13.2. The summed E-state index contributed by atoms with van der Waals surface area (Å²) in [5.41, 5.74) is 0. The molecular weight excluding hydrogens is 220 g/mol. The van der Waals surface area contributed by atoms with Gasteiger partial charge in [0.2, 0.25) is 5.91 Å². The van der Waals surface area contributed by atoms with Crippen molar-refractivity contribution in [1.82, 2.24) is 10.2 Å². The quantitative estimate of drug-likeness (QED) is 0.796. The van der Waals surface area contributed by atoms with E-state index in [4.69, 9.17) is 0 Å². The predicted octanol–water partition coefficient (Wildman–Crippen LogP) is 1.48. The molecule has 0 aromatic heterocycles. The Morgan fingerprint density at radius 2 is 2.00 bits per heavy atom. The van der Waals surface area contributed by atoms with Crippen LogP contribution in [-0.4, -0.2) is 47.0 Å². The van der Waals surface area contributed by atoms with E-state index in [0.717, 1.165) is 31.2 Å². The zero-order chi connectivity index (χ0) is 11.5. The fourth-order valence-electron chi connectivity index (χ4n) is 2.63. The Kier molecular flexibility index (Phi) is 4.14. The fraction of sp³-hybridized carbons (Fsp3) is 0.917. The molecule has 0 radical (unpaired) electrons. The summed E-state index contributed by atoms with van der Waals surface area (Å²) in [6.07, 6.45) is 3.54. The first-order valence-corrected chi connectivity index (χ1v) is 7.33. The van der Waals surface area contributed by atoms with E-state index >= 15 is 0 Å². The third-order valence-electron chi connectivity index (χ3n) is 3.61. The summed E-state index contributed by atoms with van der Waals surface area (Å²) >= 11 is 2.07. The van der Waals surface area contributed by atoms with E-state index in [9.17, 15) is 4.79 Å². The average molecular weight is 242 g/mol. The monoisotopic (exact) mass is 242 g/mol. The van der Waals surface area contributed by atoms with Crippen molar-refractivity contribution in [3.8, 4) is 0 Å². The van der Waals surface area contributed by atoms with Crippen LogP contribution < -0.4 is 5.32 Å². The summed E-state index contributed by atoms with van der Waals surface area (Å²) in [7, 11) is 0. The first-order chi connectivity index (χ1) is 7.65. The largest absolute Gasteiger partial charge is 0.343 e.